The average Bonchev–Trinajstić information content (AvgIpc) is 2.67. The minimum absolute atomic E-state index is 0.231. The molecule has 0 bridgehead atoms. The van der Waals surface area contributed by atoms with Gasteiger partial charge in [0.15, 0.2) is 5.82 Å². The third-order valence-electron chi connectivity index (χ3n) is 3.87. The van der Waals surface area contributed by atoms with E-state index in [0.717, 1.165) is 23.7 Å². The van der Waals surface area contributed by atoms with Gasteiger partial charge in [-0.25, -0.2) is 4.98 Å². The van der Waals surface area contributed by atoms with Crippen molar-refractivity contribution in [2.45, 2.75) is 45.1 Å². The maximum Gasteiger partial charge on any atom is 0.203 e. The van der Waals surface area contributed by atoms with E-state index < -0.39 is 0 Å². The van der Waals surface area contributed by atoms with Crippen molar-refractivity contribution in [3.05, 3.63) is 18.2 Å². The van der Waals surface area contributed by atoms with Crippen LogP contribution in [0.3, 0.4) is 0 Å². The number of nitrogens with one attached hydrogen (secondary N) is 1. The minimum Gasteiger partial charge on any atom is -0.361 e. The summed E-state index contributed by atoms with van der Waals surface area (Å²) in [7, 11) is 0. The van der Waals surface area contributed by atoms with Crippen LogP contribution in [0.15, 0.2) is 12.4 Å². The van der Waals surface area contributed by atoms with E-state index in [1.54, 1.807) is 6.20 Å². The number of hydrogen-bond donors (Lipinski definition) is 1. The molecule has 2 heterocycles. The molecule has 0 aliphatic heterocycles. The van der Waals surface area contributed by atoms with E-state index in [9.17, 15) is 0 Å². The van der Waals surface area contributed by atoms with Crippen LogP contribution in [0.1, 0.15) is 38.4 Å². The summed E-state index contributed by atoms with van der Waals surface area (Å²) in [5, 5.41) is 11.8. The lowest BCUT2D eigenvalue weighted by molar-refractivity contribution is 0.269. The highest BCUT2D eigenvalue weighted by Crippen LogP contribution is 2.38. The molecule has 0 radical (unpaired) electrons. The molecule has 3 rings (SSSR count). The van der Waals surface area contributed by atoms with Gasteiger partial charge in [0.1, 0.15) is 5.82 Å². The van der Waals surface area contributed by atoms with Crippen molar-refractivity contribution < 1.29 is 0 Å². The molecule has 5 heteroatoms. The van der Waals surface area contributed by atoms with Gasteiger partial charge in [-0.1, -0.05) is 6.92 Å². The topological polar surface area (TPSA) is 55.1 Å². The SMILES string of the molecule is CCC1(Nc2nccn3c(C)nnc23)CCC1. The van der Waals surface area contributed by atoms with Crippen molar-refractivity contribution in [1.82, 2.24) is 19.6 Å². The summed E-state index contributed by atoms with van der Waals surface area (Å²) in [5.41, 5.74) is 1.05. The zero-order chi connectivity index (χ0) is 11.9. The first-order valence-corrected chi connectivity index (χ1v) is 6.19. The van der Waals surface area contributed by atoms with E-state index in [1.165, 1.54) is 19.3 Å². The van der Waals surface area contributed by atoms with Crippen molar-refractivity contribution in [2.75, 3.05) is 5.32 Å². The lowest BCUT2D eigenvalue weighted by Gasteiger charge is -2.42. The van der Waals surface area contributed by atoms with Gasteiger partial charge < -0.3 is 5.32 Å². The summed E-state index contributed by atoms with van der Waals surface area (Å²) in [4.78, 5) is 4.40. The Morgan fingerprint density at radius 3 is 2.88 bits per heavy atom. The first-order valence-electron chi connectivity index (χ1n) is 6.19. The largest absolute Gasteiger partial charge is 0.361 e. The number of aryl methyl sites for hydroxylation is 1. The number of hydrogen-bond acceptors (Lipinski definition) is 4. The van der Waals surface area contributed by atoms with E-state index in [1.807, 2.05) is 17.5 Å². The number of anilines is 1. The molecule has 1 N–H and O–H groups in total. The molecule has 1 fully saturated rings. The fraction of sp³-hybridized carbons (Fsp3) is 0.583. The van der Waals surface area contributed by atoms with E-state index >= 15 is 0 Å². The first-order chi connectivity index (χ1) is 8.24. The van der Waals surface area contributed by atoms with Crippen LogP contribution in [-0.4, -0.2) is 25.1 Å². The van der Waals surface area contributed by atoms with Crippen LogP contribution in [0.25, 0.3) is 5.65 Å². The molecule has 0 aromatic carbocycles. The number of nitrogens with zero attached hydrogens (tertiary/aromatic N) is 4. The third kappa shape index (κ3) is 1.57. The minimum atomic E-state index is 0.231. The Balaban J connectivity index is 2.00. The van der Waals surface area contributed by atoms with Gasteiger partial charge in [0.2, 0.25) is 5.65 Å². The second kappa shape index (κ2) is 3.68. The quantitative estimate of drug-likeness (QED) is 0.879. The fourth-order valence-electron chi connectivity index (χ4n) is 2.45. The Morgan fingerprint density at radius 2 is 2.24 bits per heavy atom. The molecular formula is C12H17N5. The van der Waals surface area contributed by atoms with Gasteiger partial charge in [0, 0.05) is 17.9 Å². The standard InChI is InChI=1S/C12H17N5/c1-3-12(5-4-6-12)14-10-11-16-15-9(2)17(11)8-7-13-10/h7-8H,3-6H2,1-2H3,(H,13,14). The number of rotatable bonds is 3. The molecule has 1 aliphatic rings. The van der Waals surface area contributed by atoms with Crippen molar-refractivity contribution in [3.63, 3.8) is 0 Å². The smallest absolute Gasteiger partial charge is 0.203 e. The molecule has 90 valence electrons. The Labute approximate surface area is 100 Å². The second-order valence-electron chi connectivity index (χ2n) is 4.83. The zero-order valence-corrected chi connectivity index (χ0v) is 10.3. The van der Waals surface area contributed by atoms with Gasteiger partial charge in [0.05, 0.1) is 0 Å². The van der Waals surface area contributed by atoms with E-state index in [4.69, 9.17) is 0 Å². The first kappa shape index (κ1) is 10.5. The summed E-state index contributed by atoms with van der Waals surface area (Å²) in [6.45, 7) is 4.17. The molecule has 0 spiro atoms. The number of aromatic nitrogens is 4. The monoisotopic (exact) mass is 231 g/mol. The van der Waals surface area contributed by atoms with Crippen molar-refractivity contribution in [1.29, 1.82) is 0 Å². The van der Waals surface area contributed by atoms with Crippen LogP contribution in [0.5, 0.6) is 0 Å². The van der Waals surface area contributed by atoms with E-state index in [0.29, 0.717) is 0 Å². The van der Waals surface area contributed by atoms with Gasteiger partial charge in [-0.05, 0) is 32.6 Å². The zero-order valence-electron chi connectivity index (χ0n) is 10.3. The van der Waals surface area contributed by atoms with Gasteiger partial charge in [-0.15, -0.1) is 10.2 Å². The molecule has 2 aromatic heterocycles. The van der Waals surface area contributed by atoms with Crippen LogP contribution >= 0.6 is 0 Å². The number of fused-ring (bicyclic) bond motifs is 1. The fourth-order valence-corrected chi connectivity index (χ4v) is 2.45. The summed E-state index contributed by atoms with van der Waals surface area (Å²) >= 11 is 0. The molecule has 0 unspecified atom stereocenters. The van der Waals surface area contributed by atoms with Crippen LogP contribution in [-0.2, 0) is 0 Å². The Hall–Kier alpha value is -1.65. The normalized spacial score (nSPS) is 18.0. The summed E-state index contributed by atoms with van der Waals surface area (Å²) in [5.74, 6) is 1.75. The lowest BCUT2D eigenvalue weighted by Crippen LogP contribution is -2.44. The summed E-state index contributed by atoms with van der Waals surface area (Å²) < 4.78 is 1.97. The predicted molar refractivity (Wildman–Crippen MR) is 66.0 cm³/mol. The van der Waals surface area contributed by atoms with Crippen molar-refractivity contribution >= 4 is 11.5 Å². The van der Waals surface area contributed by atoms with Gasteiger partial charge >= 0.3 is 0 Å². The molecule has 1 aliphatic carbocycles. The highest BCUT2D eigenvalue weighted by atomic mass is 15.3. The van der Waals surface area contributed by atoms with E-state index in [2.05, 4.69) is 27.4 Å². The van der Waals surface area contributed by atoms with Crippen molar-refractivity contribution in [3.8, 4) is 0 Å². The molecule has 0 amide bonds. The van der Waals surface area contributed by atoms with E-state index in [-0.39, 0.29) is 5.54 Å². The van der Waals surface area contributed by atoms with Crippen molar-refractivity contribution in [2.24, 2.45) is 0 Å². The predicted octanol–water partition coefficient (Wildman–Crippen LogP) is 2.18. The highest BCUT2D eigenvalue weighted by molar-refractivity contribution is 5.63. The average molecular weight is 231 g/mol. The molecule has 5 nitrogen and oxygen atoms in total. The maximum absolute atomic E-state index is 4.40. The van der Waals surface area contributed by atoms with Gasteiger partial charge in [-0.3, -0.25) is 4.40 Å². The maximum atomic E-state index is 4.40. The molecule has 0 saturated heterocycles. The van der Waals surface area contributed by atoms with Crippen LogP contribution in [0.2, 0.25) is 0 Å². The molecular weight excluding hydrogens is 214 g/mol. The summed E-state index contributed by atoms with van der Waals surface area (Å²) in [6.07, 6.45) is 8.57. The summed E-state index contributed by atoms with van der Waals surface area (Å²) in [6, 6.07) is 0. The van der Waals surface area contributed by atoms with Crippen LogP contribution in [0.4, 0.5) is 5.82 Å². The van der Waals surface area contributed by atoms with Gasteiger partial charge in [-0.2, -0.15) is 0 Å². The van der Waals surface area contributed by atoms with Crippen LogP contribution < -0.4 is 5.32 Å². The molecule has 17 heavy (non-hydrogen) atoms. The second-order valence-corrected chi connectivity index (χ2v) is 4.83. The Morgan fingerprint density at radius 1 is 1.41 bits per heavy atom. The highest BCUT2D eigenvalue weighted by Gasteiger charge is 2.35. The Bertz CT molecular complexity index is 535. The Kier molecular flexibility index (Phi) is 2.28. The van der Waals surface area contributed by atoms with Gasteiger partial charge in [0.25, 0.3) is 0 Å². The molecule has 1 saturated carbocycles. The van der Waals surface area contributed by atoms with Crippen LogP contribution in [0, 0.1) is 6.92 Å². The third-order valence-corrected chi connectivity index (χ3v) is 3.87. The molecule has 2 aromatic rings. The lowest BCUT2D eigenvalue weighted by atomic mass is 9.75. The molecule has 0 atom stereocenters.